The van der Waals surface area contributed by atoms with Crippen LogP contribution in [0.2, 0.25) is 0 Å². The summed E-state index contributed by atoms with van der Waals surface area (Å²) in [6.07, 6.45) is 2.40. The predicted octanol–water partition coefficient (Wildman–Crippen LogP) is 1.47. The Balaban J connectivity index is 2.02. The standard InChI is InChI=1S/C15H25N3O2S/c1-12(18-8-3-4-9-18)11-17-21(19,20)15-7-5-6-14(10-15)13(2)16/h5-7,10,12-13,17H,3-4,8-9,11,16H2,1-2H3. The van der Waals surface area contributed by atoms with Gasteiger partial charge in [-0.2, -0.15) is 0 Å². The van der Waals surface area contributed by atoms with E-state index >= 15 is 0 Å². The molecule has 1 saturated heterocycles. The molecule has 0 saturated carbocycles. The van der Waals surface area contributed by atoms with Gasteiger partial charge in [0, 0.05) is 18.6 Å². The van der Waals surface area contributed by atoms with E-state index in [1.165, 1.54) is 12.8 Å². The van der Waals surface area contributed by atoms with Crippen molar-refractivity contribution in [1.29, 1.82) is 0 Å². The summed E-state index contributed by atoms with van der Waals surface area (Å²) >= 11 is 0. The number of rotatable bonds is 6. The van der Waals surface area contributed by atoms with Crippen molar-refractivity contribution in [2.75, 3.05) is 19.6 Å². The van der Waals surface area contributed by atoms with Crippen molar-refractivity contribution in [2.24, 2.45) is 5.73 Å². The van der Waals surface area contributed by atoms with Gasteiger partial charge in [0.1, 0.15) is 0 Å². The first kappa shape index (κ1) is 16.4. The summed E-state index contributed by atoms with van der Waals surface area (Å²) < 4.78 is 27.4. The van der Waals surface area contributed by atoms with Crippen molar-refractivity contribution in [3.8, 4) is 0 Å². The molecule has 1 aliphatic heterocycles. The zero-order valence-corrected chi connectivity index (χ0v) is 13.6. The quantitative estimate of drug-likeness (QED) is 0.834. The van der Waals surface area contributed by atoms with Gasteiger partial charge in [-0.05, 0) is 57.5 Å². The molecule has 1 aliphatic rings. The van der Waals surface area contributed by atoms with Crippen LogP contribution in [-0.2, 0) is 10.0 Å². The highest BCUT2D eigenvalue weighted by molar-refractivity contribution is 7.89. The summed E-state index contributed by atoms with van der Waals surface area (Å²) in [5, 5.41) is 0. The van der Waals surface area contributed by atoms with Gasteiger partial charge in [-0.3, -0.25) is 4.90 Å². The molecule has 0 spiro atoms. The number of benzene rings is 1. The first-order valence-corrected chi connectivity index (χ1v) is 8.98. The summed E-state index contributed by atoms with van der Waals surface area (Å²) in [4.78, 5) is 2.60. The van der Waals surface area contributed by atoms with Crippen LogP contribution >= 0.6 is 0 Å². The van der Waals surface area contributed by atoms with Gasteiger partial charge < -0.3 is 5.73 Å². The van der Waals surface area contributed by atoms with Crippen molar-refractivity contribution >= 4 is 10.0 Å². The van der Waals surface area contributed by atoms with Crippen LogP contribution < -0.4 is 10.5 Å². The third-order valence-corrected chi connectivity index (χ3v) is 5.45. The average Bonchev–Trinajstić information content (AvgIpc) is 2.99. The van der Waals surface area contributed by atoms with Gasteiger partial charge in [0.05, 0.1) is 4.90 Å². The molecule has 118 valence electrons. The fourth-order valence-electron chi connectivity index (χ4n) is 2.59. The molecule has 1 fully saturated rings. The topological polar surface area (TPSA) is 75.4 Å². The van der Waals surface area contributed by atoms with Gasteiger partial charge in [0.2, 0.25) is 10.0 Å². The van der Waals surface area contributed by atoms with Gasteiger partial charge in [0.25, 0.3) is 0 Å². The van der Waals surface area contributed by atoms with Crippen LogP contribution in [0.25, 0.3) is 0 Å². The molecule has 21 heavy (non-hydrogen) atoms. The summed E-state index contributed by atoms with van der Waals surface area (Å²) in [7, 11) is -3.47. The number of hydrogen-bond acceptors (Lipinski definition) is 4. The first-order chi connectivity index (χ1) is 9.90. The predicted molar refractivity (Wildman–Crippen MR) is 84.5 cm³/mol. The molecule has 0 bridgehead atoms. The van der Waals surface area contributed by atoms with Crippen LogP contribution in [0.4, 0.5) is 0 Å². The minimum atomic E-state index is -3.47. The van der Waals surface area contributed by atoms with E-state index in [1.54, 1.807) is 18.2 Å². The Kier molecular flexibility index (Phi) is 5.37. The fourth-order valence-corrected chi connectivity index (χ4v) is 3.77. The molecular formula is C15H25N3O2S. The second-order valence-electron chi connectivity index (χ2n) is 5.81. The molecule has 0 aliphatic carbocycles. The van der Waals surface area contributed by atoms with Crippen LogP contribution in [0.3, 0.4) is 0 Å². The number of likely N-dealkylation sites (tertiary alicyclic amines) is 1. The highest BCUT2D eigenvalue weighted by Crippen LogP contribution is 2.16. The smallest absolute Gasteiger partial charge is 0.240 e. The van der Waals surface area contributed by atoms with Crippen LogP contribution in [0.15, 0.2) is 29.2 Å². The summed E-state index contributed by atoms with van der Waals surface area (Å²) in [6.45, 7) is 6.46. The minimum Gasteiger partial charge on any atom is -0.324 e. The van der Waals surface area contributed by atoms with Gasteiger partial charge in [-0.15, -0.1) is 0 Å². The SMILES string of the molecule is CC(N)c1cccc(S(=O)(=O)NCC(C)N2CCCC2)c1. The molecular weight excluding hydrogens is 286 g/mol. The maximum absolute atomic E-state index is 12.4. The maximum atomic E-state index is 12.4. The molecule has 0 radical (unpaired) electrons. The second kappa shape index (κ2) is 6.87. The normalized spacial score (nSPS) is 19.6. The summed E-state index contributed by atoms with van der Waals surface area (Å²) in [6, 6.07) is 6.87. The Hall–Kier alpha value is -0.950. The highest BCUT2D eigenvalue weighted by Gasteiger charge is 2.21. The largest absolute Gasteiger partial charge is 0.324 e. The Labute approximate surface area is 127 Å². The zero-order chi connectivity index (χ0) is 15.5. The molecule has 2 rings (SSSR count). The molecule has 2 unspecified atom stereocenters. The van der Waals surface area contributed by atoms with Crippen LogP contribution in [0, 0.1) is 0 Å². The van der Waals surface area contributed by atoms with Gasteiger partial charge in [0.15, 0.2) is 0 Å². The number of sulfonamides is 1. The lowest BCUT2D eigenvalue weighted by molar-refractivity contribution is 0.260. The second-order valence-corrected chi connectivity index (χ2v) is 7.57. The summed E-state index contributed by atoms with van der Waals surface area (Å²) in [5.74, 6) is 0. The lowest BCUT2D eigenvalue weighted by atomic mass is 10.1. The van der Waals surface area contributed by atoms with Crippen LogP contribution in [-0.4, -0.2) is 39.0 Å². The third-order valence-electron chi connectivity index (χ3n) is 4.03. The third kappa shape index (κ3) is 4.26. The van der Waals surface area contributed by atoms with Crippen molar-refractivity contribution < 1.29 is 8.42 Å². The van der Waals surface area contributed by atoms with E-state index < -0.39 is 10.0 Å². The molecule has 1 heterocycles. The Morgan fingerprint density at radius 1 is 1.29 bits per heavy atom. The monoisotopic (exact) mass is 311 g/mol. The van der Waals surface area contributed by atoms with Crippen molar-refractivity contribution in [2.45, 2.75) is 43.7 Å². The Morgan fingerprint density at radius 3 is 2.57 bits per heavy atom. The van der Waals surface area contributed by atoms with E-state index in [0.717, 1.165) is 18.7 Å². The molecule has 0 aromatic heterocycles. The van der Waals surface area contributed by atoms with E-state index in [4.69, 9.17) is 5.73 Å². The van der Waals surface area contributed by atoms with Crippen LogP contribution in [0.1, 0.15) is 38.3 Å². The van der Waals surface area contributed by atoms with Gasteiger partial charge in [-0.1, -0.05) is 12.1 Å². The van der Waals surface area contributed by atoms with Gasteiger partial charge in [-0.25, -0.2) is 13.1 Å². The number of nitrogens with one attached hydrogen (secondary N) is 1. The fraction of sp³-hybridized carbons (Fsp3) is 0.600. The molecule has 3 N–H and O–H groups in total. The molecule has 6 heteroatoms. The van der Waals surface area contributed by atoms with E-state index in [9.17, 15) is 8.42 Å². The Bertz CT molecular complexity index is 566. The number of hydrogen-bond donors (Lipinski definition) is 2. The number of nitrogens with zero attached hydrogens (tertiary/aromatic N) is 1. The maximum Gasteiger partial charge on any atom is 0.240 e. The van der Waals surface area contributed by atoms with Crippen LogP contribution in [0.5, 0.6) is 0 Å². The molecule has 1 aromatic rings. The van der Waals surface area contributed by atoms with E-state index in [0.29, 0.717) is 6.54 Å². The van der Waals surface area contributed by atoms with Crippen molar-refractivity contribution in [3.05, 3.63) is 29.8 Å². The van der Waals surface area contributed by atoms with E-state index in [2.05, 4.69) is 16.5 Å². The first-order valence-electron chi connectivity index (χ1n) is 7.49. The number of nitrogens with two attached hydrogens (primary N) is 1. The average molecular weight is 311 g/mol. The Morgan fingerprint density at radius 2 is 1.95 bits per heavy atom. The minimum absolute atomic E-state index is 0.177. The van der Waals surface area contributed by atoms with Gasteiger partial charge >= 0.3 is 0 Å². The lowest BCUT2D eigenvalue weighted by Crippen LogP contribution is -2.40. The molecule has 1 aromatic carbocycles. The van der Waals surface area contributed by atoms with Crippen molar-refractivity contribution in [3.63, 3.8) is 0 Å². The zero-order valence-electron chi connectivity index (χ0n) is 12.7. The van der Waals surface area contributed by atoms with E-state index in [-0.39, 0.29) is 17.0 Å². The molecule has 2 atom stereocenters. The van der Waals surface area contributed by atoms with E-state index in [1.807, 2.05) is 13.0 Å². The van der Waals surface area contributed by atoms with Crippen molar-refractivity contribution in [1.82, 2.24) is 9.62 Å². The summed E-state index contributed by atoms with van der Waals surface area (Å²) in [5.41, 5.74) is 6.63. The highest BCUT2D eigenvalue weighted by atomic mass is 32.2. The molecule has 0 amide bonds. The lowest BCUT2D eigenvalue weighted by Gasteiger charge is -2.23. The molecule has 5 nitrogen and oxygen atoms in total.